The summed E-state index contributed by atoms with van der Waals surface area (Å²) in [5.41, 5.74) is 1.21. The van der Waals surface area contributed by atoms with Crippen LogP contribution in [-0.2, 0) is 16.1 Å². The SMILES string of the molecule is CCCNC(C)c1ccn(CC(=O)NCCOC)c1. The molecule has 0 saturated carbocycles. The summed E-state index contributed by atoms with van der Waals surface area (Å²) < 4.78 is 6.79. The van der Waals surface area contributed by atoms with Gasteiger partial charge in [-0.1, -0.05) is 6.92 Å². The van der Waals surface area contributed by atoms with Gasteiger partial charge in [-0.25, -0.2) is 0 Å². The summed E-state index contributed by atoms with van der Waals surface area (Å²) in [5.74, 6) is 0.00775. The minimum Gasteiger partial charge on any atom is -0.383 e. The number of carbonyl (C=O) groups excluding carboxylic acids is 1. The number of methoxy groups -OCH3 is 1. The average molecular weight is 267 g/mol. The zero-order valence-corrected chi connectivity index (χ0v) is 12.1. The second kappa shape index (κ2) is 8.72. The molecule has 0 aliphatic rings. The van der Waals surface area contributed by atoms with Crippen LogP contribution >= 0.6 is 0 Å². The van der Waals surface area contributed by atoms with Gasteiger partial charge in [-0.15, -0.1) is 0 Å². The Balaban J connectivity index is 2.39. The molecule has 1 aromatic rings. The van der Waals surface area contributed by atoms with Crippen molar-refractivity contribution in [3.8, 4) is 0 Å². The van der Waals surface area contributed by atoms with Crippen LogP contribution in [0, 0.1) is 0 Å². The van der Waals surface area contributed by atoms with Crippen LogP contribution in [0.1, 0.15) is 31.9 Å². The number of hydrogen-bond acceptors (Lipinski definition) is 3. The van der Waals surface area contributed by atoms with E-state index in [0.717, 1.165) is 13.0 Å². The minimum absolute atomic E-state index is 0.00775. The van der Waals surface area contributed by atoms with Crippen molar-refractivity contribution in [1.82, 2.24) is 15.2 Å². The first-order valence-electron chi connectivity index (χ1n) is 6.82. The van der Waals surface area contributed by atoms with Crippen molar-refractivity contribution in [1.29, 1.82) is 0 Å². The lowest BCUT2D eigenvalue weighted by atomic mass is 10.2. The molecule has 5 heteroatoms. The molecule has 0 radical (unpaired) electrons. The van der Waals surface area contributed by atoms with Gasteiger partial charge in [0.2, 0.25) is 5.91 Å². The predicted molar refractivity (Wildman–Crippen MR) is 76.0 cm³/mol. The Morgan fingerprint density at radius 2 is 2.26 bits per heavy atom. The van der Waals surface area contributed by atoms with E-state index in [2.05, 4.69) is 30.5 Å². The Bertz CT molecular complexity index is 377. The van der Waals surface area contributed by atoms with Gasteiger partial charge in [0.15, 0.2) is 0 Å². The molecule has 108 valence electrons. The van der Waals surface area contributed by atoms with E-state index < -0.39 is 0 Å². The van der Waals surface area contributed by atoms with E-state index in [0.29, 0.717) is 25.7 Å². The van der Waals surface area contributed by atoms with Crippen LogP contribution in [0.5, 0.6) is 0 Å². The lowest BCUT2D eigenvalue weighted by Crippen LogP contribution is -2.30. The maximum absolute atomic E-state index is 11.6. The molecule has 0 bridgehead atoms. The van der Waals surface area contributed by atoms with E-state index >= 15 is 0 Å². The van der Waals surface area contributed by atoms with Crippen LogP contribution in [-0.4, -0.2) is 37.3 Å². The van der Waals surface area contributed by atoms with E-state index in [9.17, 15) is 4.79 Å². The number of amides is 1. The van der Waals surface area contributed by atoms with Gasteiger partial charge < -0.3 is 19.9 Å². The van der Waals surface area contributed by atoms with Gasteiger partial charge in [0.05, 0.1) is 6.61 Å². The topological polar surface area (TPSA) is 55.3 Å². The zero-order valence-electron chi connectivity index (χ0n) is 12.1. The summed E-state index contributed by atoms with van der Waals surface area (Å²) in [6.45, 7) is 6.73. The van der Waals surface area contributed by atoms with Crippen molar-refractivity contribution in [2.75, 3.05) is 26.8 Å². The molecule has 0 aromatic carbocycles. The molecule has 1 atom stereocenters. The highest BCUT2D eigenvalue weighted by molar-refractivity contribution is 5.75. The maximum atomic E-state index is 11.6. The van der Waals surface area contributed by atoms with Crippen LogP contribution in [0.2, 0.25) is 0 Å². The standard InChI is InChI=1S/C14H25N3O2/c1-4-6-15-12(2)13-5-8-17(10-13)11-14(18)16-7-9-19-3/h5,8,10,12,15H,4,6-7,9,11H2,1-3H3,(H,16,18). The van der Waals surface area contributed by atoms with Gasteiger partial charge >= 0.3 is 0 Å². The molecule has 0 fully saturated rings. The molecule has 1 heterocycles. The molecule has 0 spiro atoms. The van der Waals surface area contributed by atoms with Crippen molar-refractivity contribution in [3.63, 3.8) is 0 Å². The third-order valence-corrected chi connectivity index (χ3v) is 2.93. The number of rotatable bonds is 9. The summed E-state index contributed by atoms with van der Waals surface area (Å²) in [6, 6.07) is 2.37. The Hall–Kier alpha value is -1.33. The van der Waals surface area contributed by atoms with Gasteiger partial charge in [0.1, 0.15) is 6.54 Å². The molecule has 0 aliphatic carbocycles. The Morgan fingerprint density at radius 3 is 2.95 bits per heavy atom. The number of ether oxygens (including phenoxy) is 1. The van der Waals surface area contributed by atoms with E-state index in [-0.39, 0.29) is 5.91 Å². The summed E-state index contributed by atoms with van der Waals surface area (Å²) in [7, 11) is 1.62. The molecule has 0 saturated heterocycles. The smallest absolute Gasteiger partial charge is 0.239 e. The molecule has 1 aromatic heterocycles. The van der Waals surface area contributed by atoms with Crippen molar-refractivity contribution < 1.29 is 9.53 Å². The molecule has 2 N–H and O–H groups in total. The van der Waals surface area contributed by atoms with Crippen LogP contribution in [0.4, 0.5) is 0 Å². The molecular weight excluding hydrogens is 242 g/mol. The van der Waals surface area contributed by atoms with Crippen LogP contribution in [0.25, 0.3) is 0 Å². The fourth-order valence-corrected chi connectivity index (χ4v) is 1.81. The highest BCUT2D eigenvalue weighted by atomic mass is 16.5. The first kappa shape index (κ1) is 15.7. The third-order valence-electron chi connectivity index (χ3n) is 2.93. The van der Waals surface area contributed by atoms with Crippen LogP contribution < -0.4 is 10.6 Å². The van der Waals surface area contributed by atoms with E-state index in [1.807, 2.05) is 17.0 Å². The number of hydrogen-bond donors (Lipinski definition) is 2. The lowest BCUT2D eigenvalue weighted by Gasteiger charge is -2.11. The van der Waals surface area contributed by atoms with E-state index in [1.54, 1.807) is 7.11 Å². The molecular formula is C14H25N3O2. The molecule has 1 rings (SSSR count). The minimum atomic E-state index is 0.00775. The maximum Gasteiger partial charge on any atom is 0.239 e. The summed E-state index contributed by atoms with van der Waals surface area (Å²) >= 11 is 0. The lowest BCUT2D eigenvalue weighted by molar-refractivity contribution is -0.121. The highest BCUT2D eigenvalue weighted by Crippen LogP contribution is 2.12. The van der Waals surface area contributed by atoms with Gasteiger partial charge in [-0.2, -0.15) is 0 Å². The number of nitrogens with one attached hydrogen (secondary N) is 2. The summed E-state index contributed by atoms with van der Waals surface area (Å²) in [5, 5.41) is 6.23. The Labute approximate surface area is 115 Å². The van der Waals surface area contributed by atoms with E-state index in [1.165, 1.54) is 5.56 Å². The molecule has 19 heavy (non-hydrogen) atoms. The fourth-order valence-electron chi connectivity index (χ4n) is 1.81. The monoisotopic (exact) mass is 267 g/mol. The Morgan fingerprint density at radius 1 is 1.47 bits per heavy atom. The van der Waals surface area contributed by atoms with E-state index in [4.69, 9.17) is 4.74 Å². The number of carbonyl (C=O) groups is 1. The zero-order chi connectivity index (χ0) is 14.1. The summed E-state index contributed by atoms with van der Waals surface area (Å²) in [6.07, 6.45) is 5.07. The predicted octanol–water partition coefficient (Wildman–Crippen LogP) is 1.31. The number of aromatic nitrogens is 1. The number of nitrogens with zero attached hydrogens (tertiary/aromatic N) is 1. The Kier molecular flexibility index (Phi) is 7.22. The first-order chi connectivity index (χ1) is 9.17. The first-order valence-corrected chi connectivity index (χ1v) is 6.82. The normalized spacial score (nSPS) is 12.4. The second-order valence-electron chi connectivity index (χ2n) is 4.64. The van der Waals surface area contributed by atoms with Gasteiger partial charge in [0.25, 0.3) is 0 Å². The third kappa shape index (κ3) is 5.89. The molecule has 1 unspecified atom stereocenters. The second-order valence-corrected chi connectivity index (χ2v) is 4.64. The van der Waals surface area contributed by atoms with Crippen molar-refractivity contribution in [3.05, 3.63) is 24.0 Å². The van der Waals surface area contributed by atoms with Crippen LogP contribution in [0.3, 0.4) is 0 Å². The van der Waals surface area contributed by atoms with Gasteiger partial charge in [-0.05, 0) is 31.5 Å². The quantitative estimate of drug-likeness (QED) is 0.663. The van der Waals surface area contributed by atoms with Crippen LogP contribution in [0.15, 0.2) is 18.5 Å². The fraction of sp³-hybridized carbons (Fsp3) is 0.643. The highest BCUT2D eigenvalue weighted by Gasteiger charge is 2.07. The average Bonchev–Trinajstić information content (AvgIpc) is 2.84. The largest absolute Gasteiger partial charge is 0.383 e. The molecule has 0 aliphatic heterocycles. The molecule has 5 nitrogen and oxygen atoms in total. The van der Waals surface area contributed by atoms with Gasteiger partial charge in [-0.3, -0.25) is 4.79 Å². The van der Waals surface area contributed by atoms with Gasteiger partial charge in [0, 0.05) is 32.1 Å². The van der Waals surface area contributed by atoms with Crippen molar-refractivity contribution in [2.24, 2.45) is 0 Å². The summed E-state index contributed by atoms with van der Waals surface area (Å²) in [4.78, 5) is 11.6. The van der Waals surface area contributed by atoms with Crippen molar-refractivity contribution >= 4 is 5.91 Å². The van der Waals surface area contributed by atoms with Crippen molar-refractivity contribution in [2.45, 2.75) is 32.9 Å². The molecule has 1 amide bonds.